The highest BCUT2D eigenvalue weighted by Crippen LogP contribution is 2.38. The van der Waals surface area contributed by atoms with E-state index in [4.69, 9.17) is 0 Å². The van der Waals surface area contributed by atoms with Gasteiger partial charge in [0.25, 0.3) is 0 Å². The summed E-state index contributed by atoms with van der Waals surface area (Å²) >= 11 is 9.34. The summed E-state index contributed by atoms with van der Waals surface area (Å²) < 4.78 is 2.81. The van der Waals surface area contributed by atoms with Crippen LogP contribution in [0.1, 0.15) is 13.8 Å². The first-order chi connectivity index (χ1) is 5.04. The summed E-state index contributed by atoms with van der Waals surface area (Å²) in [7, 11) is 0. The van der Waals surface area contributed by atoms with E-state index in [9.17, 15) is 0 Å². The van der Waals surface area contributed by atoms with Gasteiger partial charge >= 0.3 is 0 Å². The van der Waals surface area contributed by atoms with E-state index in [2.05, 4.69) is 77.7 Å². The third-order valence-corrected chi connectivity index (χ3v) is 6.26. The third-order valence-electron chi connectivity index (χ3n) is 1.92. The minimum absolute atomic E-state index is 0.417. The van der Waals surface area contributed by atoms with Gasteiger partial charge in [0.1, 0.15) is 0 Å². The molecule has 11 heavy (non-hydrogen) atoms. The molecule has 0 aromatic heterocycles. The maximum atomic E-state index is 4.54. The van der Waals surface area contributed by atoms with Crippen LogP contribution in [0.5, 0.6) is 0 Å². The van der Waals surface area contributed by atoms with Gasteiger partial charge in [-0.15, -0.1) is 0 Å². The van der Waals surface area contributed by atoms with Gasteiger partial charge in [-0.3, -0.25) is 0 Å². The lowest BCUT2D eigenvalue weighted by atomic mass is 9.96. The van der Waals surface area contributed by atoms with Gasteiger partial charge in [0.05, 0.1) is 0 Å². The predicted molar refractivity (Wildman–Crippen MR) is 70.8 cm³/mol. The molecule has 0 saturated heterocycles. The zero-order valence-corrected chi connectivity index (χ0v) is 11.6. The summed E-state index contributed by atoms with van der Waals surface area (Å²) in [5, 5.41) is 0.417. The molecule has 0 radical (unpaired) electrons. The van der Waals surface area contributed by atoms with Crippen LogP contribution in [0, 0.1) is 5.92 Å². The van der Waals surface area contributed by atoms with Crippen LogP contribution < -0.4 is 0 Å². The summed E-state index contributed by atoms with van der Waals surface area (Å²) in [4.78, 5) is 0. The van der Waals surface area contributed by atoms with Crippen LogP contribution in [0.4, 0.5) is 0 Å². The monoisotopic (exact) mass is 392 g/mol. The lowest BCUT2D eigenvalue weighted by molar-refractivity contribution is 0.722. The molecule has 0 aliphatic heterocycles. The van der Waals surface area contributed by atoms with Crippen molar-refractivity contribution in [2.24, 2.45) is 5.92 Å². The van der Waals surface area contributed by atoms with E-state index in [0.717, 1.165) is 0 Å². The van der Waals surface area contributed by atoms with Crippen molar-refractivity contribution in [2.75, 3.05) is 0 Å². The Bertz CT molecular complexity index is 230. The van der Waals surface area contributed by atoms with Crippen LogP contribution in [-0.2, 0) is 0 Å². The van der Waals surface area contributed by atoms with Crippen LogP contribution in [0.25, 0.3) is 0 Å². The highest BCUT2D eigenvalue weighted by Gasteiger charge is 2.22. The first-order valence-electron chi connectivity index (χ1n) is 3.45. The first-order valence-corrected chi connectivity index (χ1v) is 6.13. The van der Waals surface area contributed by atoms with Crippen molar-refractivity contribution in [3.05, 3.63) is 18.8 Å². The molecule has 0 aromatic rings. The molecule has 0 fully saturated rings. The fraction of sp³-hybridized carbons (Fsp3) is 0.500. The standard InChI is InChI=1S/C8H10I2S/c1-4-3-6(9)7(10)5(2)8(4)11/h3,5,8,11H,1-2H3/t5-,8+/m1/s1. The van der Waals surface area contributed by atoms with E-state index in [1.165, 1.54) is 12.7 Å². The molecular formula is C8H10I2S. The van der Waals surface area contributed by atoms with Crippen LogP contribution in [0.15, 0.2) is 18.8 Å². The Kier molecular flexibility index (Phi) is 3.77. The lowest BCUT2D eigenvalue weighted by Crippen LogP contribution is -2.16. The summed E-state index contributed by atoms with van der Waals surface area (Å²) in [5.41, 5.74) is 1.38. The SMILES string of the molecule is CC1=CC(I)=C(I)[C@@H](C)[C@H]1S. The Labute approximate surface area is 101 Å². The smallest absolute Gasteiger partial charge is 0.0297 e. The van der Waals surface area contributed by atoms with Crippen molar-refractivity contribution in [1.82, 2.24) is 0 Å². The van der Waals surface area contributed by atoms with E-state index >= 15 is 0 Å². The van der Waals surface area contributed by atoms with Crippen molar-refractivity contribution >= 4 is 57.8 Å². The van der Waals surface area contributed by atoms with E-state index in [1.807, 2.05) is 0 Å². The molecule has 0 aromatic carbocycles. The molecule has 0 unspecified atom stereocenters. The van der Waals surface area contributed by atoms with Gasteiger partial charge < -0.3 is 0 Å². The summed E-state index contributed by atoms with van der Waals surface area (Å²) in [6, 6.07) is 0. The van der Waals surface area contributed by atoms with Crippen LogP contribution >= 0.6 is 57.8 Å². The van der Waals surface area contributed by atoms with Crippen LogP contribution in [-0.4, -0.2) is 5.25 Å². The zero-order valence-electron chi connectivity index (χ0n) is 6.44. The van der Waals surface area contributed by atoms with Crippen LogP contribution in [0.2, 0.25) is 0 Å². The molecule has 0 nitrogen and oxygen atoms in total. The average molecular weight is 392 g/mol. The number of hydrogen-bond donors (Lipinski definition) is 1. The number of hydrogen-bond acceptors (Lipinski definition) is 1. The Morgan fingerprint density at radius 2 is 2.00 bits per heavy atom. The zero-order chi connectivity index (χ0) is 8.59. The van der Waals surface area contributed by atoms with Gasteiger partial charge in [0, 0.05) is 18.3 Å². The number of halogens is 2. The Morgan fingerprint density at radius 1 is 1.45 bits per heavy atom. The van der Waals surface area contributed by atoms with Crippen molar-refractivity contribution < 1.29 is 0 Å². The highest BCUT2D eigenvalue weighted by atomic mass is 127. The molecule has 0 N–H and O–H groups in total. The van der Waals surface area contributed by atoms with Gasteiger partial charge in [0.2, 0.25) is 0 Å². The summed E-state index contributed by atoms with van der Waals surface area (Å²) in [6.45, 7) is 4.38. The van der Waals surface area contributed by atoms with Crippen molar-refractivity contribution in [1.29, 1.82) is 0 Å². The van der Waals surface area contributed by atoms with E-state index < -0.39 is 0 Å². The Morgan fingerprint density at radius 3 is 2.55 bits per heavy atom. The molecule has 0 bridgehead atoms. The molecule has 0 heterocycles. The minimum atomic E-state index is 0.417. The van der Waals surface area contributed by atoms with Gasteiger partial charge in [-0.25, -0.2) is 0 Å². The normalized spacial score (nSPS) is 32.3. The molecule has 1 rings (SSSR count). The van der Waals surface area contributed by atoms with E-state index in [1.54, 1.807) is 0 Å². The second kappa shape index (κ2) is 4.00. The topological polar surface area (TPSA) is 0 Å². The van der Waals surface area contributed by atoms with Crippen LogP contribution in [0.3, 0.4) is 0 Å². The van der Waals surface area contributed by atoms with Gasteiger partial charge in [-0.1, -0.05) is 12.5 Å². The molecule has 62 valence electrons. The average Bonchev–Trinajstić information content (AvgIpc) is 1.97. The molecule has 0 spiro atoms. The quantitative estimate of drug-likeness (QED) is 0.469. The molecule has 0 saturated carbocycles. The maximum Gasteiger partial charge on any atom is 0.0297 e. The number of allylic oxidation sites excluding steroid dienone is 3. The first kappa shape index (κ1) is 10.4. The van der Waals surface area contributed by atoms with Gasteiger partial charge in [-0.05, 0) is 58.2 Å². The third kappa shape index (κ3) is 2.15. The summed E-state index contributed by atoms with van der Waals surface area (Å²) in [6.07, 6.45) is 2.22. The number of thiol groups is 1. The Hall–Kier alpha value is 1.29. The van der Waals surface area contributed by atoms with E-state index in [-0.39, 0.29) is 0 Å². The van der Waals surface area contributed by atoms with Crippen molar-refractivity contribution in [3.63, 3.8) is 0 Å². The molecule has 3 heteroatoms. The molecule has 1 aliphatic rings. The van der Waals surface area contributed by atoms with Crippen molar-refractivity contribution in [2.45, 2.75) is 19.1 Å². The Balaban J connectivity index is 3.01. The number of rotatable bonds is 0. The molecule has 0 amide bonds. The molecular weight excluding hydrogens is 382 g/mol. The highest BCUT2D eigenvalue weighted by molar-refractivity contribution is 14.1. The van der Waals surface area contributed by atoms with Gasteiger partial charge in [0.15, 0.2) is 0 Å². The second-order valence-electron chi connectivity index (χ2n) is 2.82. The second-order valence-corrected chi connectivity index (χ2v) is 5.70. The maximum absolute atomic E-state index is 4.54. The fourth-order valence-corrected chi connectivity index (χ4v) is 3.11. The lowest BCUT2D eigenvalue weighted by Gasteiger charge is -2.24. The van der Waals surface area contributed by atoms with Gasteiger partial charge in [-0.2, -0.15) is 12.6 Å². The largest absolute Gasteiger partial charge is 0.171 e. The molecule has 2 atom stereocenters. The van der Waals surface area contributed by atoms with E-state index in [0.29, 0.717) is 11.2 Å². The van der Waals surface area contributed by atoms with Crippen molar-refractivity contribution in [3.8, 4) is 0 Å². The fourth-order valence-electron chi connectivity index (χ4n) is 1.10. The summed E-state index contributed by atoms with van der Waals surface area (Å²) in [5.74, 6) is 0.579. The predicted octanol–water partition coefficient (Wildman–Crippen LogP) is 3.96. The minimum Gasteiger partial charge on any atom is -0.171 e. The molecule has 1 aliphatic carbocycles.